The second kappa shape index (κ2) is 10.3. The first-order chi connectivity index (χ1) is 15.8. The zero-order chi connectivity index (χ0) is 24.0. The topological polar surface area (TPSA) is 120 Å². The summed E-state index contributed by atoms with van der Waals surface area (Å²) in [4.78, 5) is 13.0. The SMILES string of the molecule is COc1cc(C=C(C#N)C#N)ccc1OC(=O)C1CCCN(S(=O)(=O)c2ccc(C)cc2)C1. The molecule has 1 aliphatic rings. The van der Waals surface area contributed by atoms with Crippen molar-refractivity contribution in [2.24, 2.45) is 5.92 Å². The number of allylic oxidation sites excluding steroid dienone is 1. The number of benzene rings is 2. The molecule has 3 rings (SSSR count). The molecule has 1 fully saturated rings. The molecule has 8 nitrogen and oxygen atoms in total. The van der Waals surface area contributed by atoms with Gasteiger partial charge in [0.25, 0.3) is 0 Å². The first-order valence-corrected chi connectivity index (χ1v) is 11.7. The van der Waals surface area contributed by atoms with Crippen LogP contribution in [0, 0.1) is 35.5 Å². The fraction of sp³-hybridized carbons (Fsp3) is 0.292. The van der Waals surface area contributed by atoms with Gasteiger partial charge in [-0.05, 0) is 55.7 Å². The summed E-state index contributed by atoms with van der Waals surface area (Å²) in [6, 6.07) is 14.8. The van der Waals surface area contributed by atoms with Gasteiger partial charge in [-0.25, -0.2) is 8.42 Å². The summed E-state index contributed by atoms with van der Waals surface area (Å²) in [7, 11) is -2.30. The lowest BCUT2D eigenvalue weighted by Crippen LogP contribution is -2.43. The summed E-state index contributed by atoms with van der Waals surface area (Å²) in [5.41, 5.74) is 1.43. The van der Waals surface area contributed by atoms with Crippen molar-refractivity contribution in [1.82, 2.24) is 4.31 Å². The minimum Gasteiger partial charge on any atom is -0.493 e. The van der Waals surface area contributed by atoms with Gasteiger partial charge in [0.05, 0.1) is 17.9 Å². The molecule has 1 atom stereocenters. The minimum absolute atomic E-state index is 0.0336. The fourth-order valence-corrected chi connectivity index (χ4v) is 5.04. The van der Waals surface area contributed by atoms with Gasteiger partial charge in [0.1, 0.15) is 17.7 Å². The average molecular weight is 466 g/mol. The molecule has 1 heterocycles. The number of carbonyl (C=O) groups is 1. The van der Waals surface area contributed by atoms with Gasteiger partial charge in [-0.3, -0.25) is 4.79 Å². The van der Waals surface area contributed by atoms with Crippen LogP contribution in [-0.4, -0.2) is 38.9 Å². The van der Waals surface area contributed by atoms with Gasteiger partial charge in [-0.1, -0.05) is 23.8 Å². The van der Waals surface area contributed by atoms with Crippen LogP contribution >= 0.6 is 0 Å². The predicted octanol–water partition coefficient (Wildman–Crippen LogP) is 3.44. The molecule has 0 radical (unpaired) electrons. The van der Waals surface area contributed by atoms with Crippen LogP contribution < -0.4 is 9.47 Å². The van der Waals surface area contributed by atoms with Crippen LogP contribution in [-0.2, 0) is 14.8 Å². The van der Waals surface area contributed by atoms with E-state index in [0.29, 0.717) is 24.9 Å². The molecule has 1 aliphatic heterocycles. The number of ether oxygens (including phenoxy) is 2. The van der Waals surface area contributed by atoms with Crippen LogP contribution in [0.3, 0.4) is 0 Å². The van der Waals surface area contributed by atoms with Gasteiger partial charge >= 0.3 is 5.97 Å². The van der Waals surface area contributed by atoms with Crippen LogP contribution in [0.15, 0.2) is 52.9 Å². The zero-order valence-electron chi connectivity index (χ0n) is 18.3. The summed E-state index contributed by atoms with van der Waals surface area (Å²) >= 11 is 0. The predicted molar refractivity (Wildman–Crippen MR) is 120 cm³/mol. The molecule has 0 N–H and O–H groups in total. The number of aryl methyl sites for hydroxylation is 1. The molecule has 0 spiro atoms. The van der Waals surface area contributed by atoms with E-state index in [0.717, 1.165) is 5.56 Å². The van der Waals surface area contributed by atoms with Crippen LogP contribution in [0.1, 0.15) is 24.0 Å². The van der Waals surface area contributed by atoms with E-state index >= 15 is 0 Å². The van der Waals surface area contributed by atoms with E-state index in [1.54, 1.807) is 48.5 Å². The molecular weight excluding hydrogens is 442 g/mol. The quantitative estimate of drug-likeness (QED) is 0.364. The van der Waals surface area contributed by atoms with Gasteiger partial charge in [-0.15, -0.1) is 0 Å². The third-order valence-corrected chi connectivity index (χ3v) is 7.21. The maximum atomic E-state index is 13.0. The second-order valence-electron chi connectivity index (χ2n) is 7.63. The van der Waals surface area contributed by atoms with Crippen molar-refractivity contribution >= 4 is 22.1 Å². The maximum absolute atomic E-state index is 13.0. The number of sulfonamides is 1. The molecule has 2 aromatic carbocycles. The van der Waals surface area contributed by atoms with Crippen molar-refractivity contribution in [1.29, 1.82) is 10.5 Å². The number of esters is 1. The number of hydrogen-bond donors (Lipinski definition) is 0. The standard InChI is InChI=1S/C24H23N3O5S/c1-17-5-8-21(9-6-17)33(29,30)27-11-3-4-20(16-27)24(28)32-22-10-7-18(13-23(22)31-2)12-19(14-25)15-26/h5-10,12-13,20H,3-4,11,16H2,1-2H3. The van der Waals surface area contributed by atoms with Crippen LogP contribution in [0.2, 0.25) is 0 Å². The van der Waals surface area contributed by atoms with Gasteiger partial charge < -0.3 is 9.47 Å². The average Bonchev–Trinajstić information content (AvgIpc) is 2.83. The van der Waals surface area contributed by atoms with Crippen molar-refractivity contribution in [3.05, 3.63) is 59.2 Å². The van der Waals surface area contributed by atoms with Gasteiger partial charge in [0, 0.05) is 13.1 Å². The molecule has 2 aromatic rings. The zero-order valence-corrected chi connectivity index (χ0v) is 19.1. The maximum Gasteiger partial charge on any atom is 0.315 e. The Morgan fingerprint density at radius 1 is 1.12 bits per heavy atom. The fourth-order valence-electron chi connectivity index (χ4n) is 3.52. The highest BCUT2D eigenvalue weighted by Crippen LogP contribution is 2.31. The van der Waals surface area contributed by atoms with Gasteiger partial charge in [0.15, 0.2) is 11.5 Å². The lowest BCUT2D eigenvalue weighted by Gasteiger charge is -2.30. The number of rotatable bonds is 6. The largest absolute Gasteiger partial charge is 0.493 e. The molecule has 1 unspecified atom stereocenters. The monoisotopic (exact) mass is 465 g/mol. The molecule has 0 bridgehead atoms. The van der Waals surface area contributed by atoms with Crippen molar-refractivity contribution in [2.75, 3.05) is 20.2 Å². The third-order valence-electron chi connectivity index (χ3n) is 5.33. The Balaban J connectivity index is 1.75. The van der Waals surface area contributed by atoms with Crippen molar-refractivity contribution in [2.45, 2.75) is 24.7 Å². The van der Waals surface area contributed by atoms with E-state index in [1.807, 2.05) is 6.92 Å². The molecule has 33 heavy (non-hydrogen) atoms. The Morgan fingerprint density at radius 2 is 1.82 bits per heavy atom. The van der Waals surface area contributed by atoms with E-state index in [1.165, 1.54) is 23.6 Å². The molecule has 0 aliphatic carbocycles. The number of nitriles is 2. The molecular formula is C24H23N3O5S. The molecule has 170 valence electrons. The smallest absolute Gasteiger partial charge is 0.315 e. The van der Waals surface area contributed by atoms with Crippen LogP contribution in [0.5, 0.6) is 11.5 Å². The second-order valence-corrected chi connectivity index (χ2v) is 9.57. The Labute approximate surface area is 193 Å². The highest BCUT2D eigenvalue weighted by molar-refractivity contribution is 7.89. The number of methoxy groups -OCH3 is 1. The Hall–Kier alpha value is -3.66. The Bertz CT molecular complexity index is 1240. The third kappa shape index (κ3) is 5.58. The van der Waals surface area contributed by atoms with E-state index in [9.17, 15) is 13.2 Å². The molecule has 0 saturated carbocycles. The van der Waals surface area contributed by atoms with E-state index in [4.69, 9.17) is 20.0 Å². The first-order valence-electron chi connectivity index (χ1n) is 10.3. The van der Waals surface area contributed by atoms with Crippen LogP contribution in [0.4, 0.5) is 0 Å². The number of hydrogen-bond acceptors (Lipinski definition) is 7. The van der Waals surface area contributed by atoms with Crippen molar-refractivity contribution in [3.63, 3.8) is 0 Å². The lowest BCUT2D eigenvalue weighted by atomic mass is 10.00. The molecule has 0 aromatic heterocycles. The van der Waals surface area contributed by atoms with E-state index in [2.05, 4.69) is 0 Å². The van der Waals surface area contributed by atoms with Crippen molar-refractivity contribution in [3.8, 4) is 23.6 Å². The summed E-state index contributed by atoms with van der Waals surface area (Å²) in [5.74, 6) is -0.733. The minimum atomic E-state index is -3.71. The summed E-state index contributed by atoms with van der Waals surface area (Å²) in [6.45, 7) is 2.25. The van der Waals surface area contributed by atoms with Crippen LogP contribution in [0.25, 0.3) is 6.08 Å². The number of piperidine rings is 1. The first kappa shape index (κ1) is 24.0. The van der Waals surface area contributed by atoms with Crippen molar-refractivity contribution < 1.29 is 22.7 Å². The van der Waals surface area contributed by atoms with E-state index in [-0.39, 0.29) is 28.5 Å². The van der Waals surface area contributed by atoms with Gasteiger partial charge in [0.2, 0.25) is 10.0 Å². The molecule has 1 saturated heterocycles. The molecule has 0 amide bonds. The van der Waals surface area contributed by atoms with Gasteiger partial charge in [-0.2, -0.15) is 14.8 Å². The lowest BCUT2D eigenvalue weighted by molar-refractivity contribution is -0.140. The number of carbonyl (C=O) groups excluding carboxylic acids is 1. The summed E-state index contributed by atoms with van der Waals surface area (Å²) in [5, 5.41) is 17.8. The molecule has 9 heteroatoms. The normalized spacial score (nSPS) is 16.2. The number of nitrogens with zero attached hydrogens (tertiary/aromatic N) is 3. The highest BCUT2D eigenvalue weighted by Gasteiger charge is 2.34. The summed E-state index contributed by atoms with van der Waals surface area (Å²) in [6.07, 6.45) is 2.44. The highest BCUT2D eigenvalue weighted by atomic mass is 32.2. The van der Waals surface area contributed by atoms with E-state index < -0.39 is 21.9 Å². The Morgan fingerprint density at radius 3 is 2.45 bits per heavy atom. The Kier molecular flexibility index (Phi) is 7.49. The summed E-state index contributed by atoms with van der Waals surface area (Å²) < 4.78 is 38.2.